The average molecular weight is 415 g/mol. The summed E-state index contributed by atoms with van der Waals surface area (Å²) in [6.07, 6.45) is 6.49. The van der Waals surface area contributed by atoms with E-state index in [-0.39, 0.29) is 11.9 Å². The maximum Gasteiger partial charge on any atom is 0.243 e. The van der Waals surface area contributed by atoms with Gasteiger partial charge in [0.15, 0.2) is 0 Å². The lowest BCUT2D eigenvalue weighted by atomic mass is 9.88. The molecule has 0 radical (unpaired) electrons. The van der Waals surface area contributed by atoms with Gasteiger partial charge in [0.1, 0.15) is 6.04 Å². The van der Waals surface area contributed by atoms with E-state index in [2.05, 4.69) is 23.5 Å². The van der Waals surface area contributed by atoms with Crippen molar-refractivity contribution in [3.8, 4) is 0 Å². The molecule has 0 aliphatic heterocycles. The van der Waals surface area contributed by atoms with E-state index in [0.29, 0.717) is 5.56 Å². The van der Waals surface area contributed by atoms with Gasteiger partial charge in [0.25, 0.3) is 0 Å². The molecule has 0 heterocycles. The molecule has 0 saturated heterocycles. The predicted octanol–water partition coefficient (Wildman–Crippen LogP) is 3.77. The molecule has 0 fully saturated rings. The van der Waals surface area contributed by atoms with E-state index in [1.807, 2.05) is 25.1 Å². The largest absolute Gasteiger partial charge is 0.348 e. The van der Waals surface area contributed by atoms with Gasteiger partial charge in [0.2, 0.25) is 15.9 Å². The number of sulfonamides is 1. The van der Waals surface area contributed by atoms with Gasteiger partial charge < -0.3 is 5.32 Å². The van der Waals surface area contributed by atoms with E-state index in [4.69, 9.17) is 0 Å². The number of rotatable bonds is 7. The van der Waals surface area contributed by atoms with E-state index < -0.39 is 16.1 Å². The first-order valence-electron chi connectivity index (χ1n) is 10.2. The van der Waals surface area contributed by atoms with Gasteiger partial charge >= 0.3 is 0 Å². The van der Waals surface area contributed by atoms with Gasteiger partial charge in [-0.05, 0) is 54.4 Å². The first-order chi connectivity index (χ1) is 13.8. The van der Waals surface area contributed by atoms with Crippen LogP contribution in [-0.2, 0) is 27.7 Å². The summed E-state index contributed by atoms with van der Waals surface area (Å²) in [7, 11) is -2.09. The Balaban J connectivity index is 1.87. The summed E-state index contributed by atoms with van der Waals surface area (Å²) in [5, 5.41) is 3.10. The summed E-state index contributed by atoms with van der Waals surface area (Å²) in [5.41, 5.74) is 4.50. The Labute approximate surface area is 174 Å². The smallest absolute Gasteiger partial charge is 0.243 e. The minimum atomic E-state index is -3.54. The van der Waals surface area contributed by atoms with E-state index >= 15 is 0 Å². The molecule has 2 atom stereocenters. The number of hydrogen-bond acceptors (Lipinski definition) is 3. The van der Waals surface area contributed by atoms with Crippen LogP contribution in [0.3, 0.4) is 0 Å². The van der Waals surface area contributed by atoms with E-state index in [9.17, 15) is 13.2 Å². The van der Waals surface area contributed by atoms with E-state index in [1.54, 1.807) is 12.1 Å². The number of aryl methyl sites for hydroxylation is 2. The van der Waals surface area contributed by atoms with Crippen LogP contribution in [-0.4, -0.2) is 31.9 Å². The fourth-order valence-electron chi connectivity index (χ4n) is 4.00. The van der Waals surface area contributed by atoms with Gasteiger partial charge in [-0.1, -0.05) is 55.5 Å². The SMILES string of the molecule is CC[C@H](NC(=O)[C@H](c1ccccc1)N(C)S(C)(=O)=O)c1ccc2c(c1)CCCC2. The summed E-state index contributed by atoms with van der Waals surface area (Å²) in [6.45, 7) is 2.03. The molecule has 2 aromatic carbocycles. The van der Waals surface area contributed by atoms with E-state index in [0.717, 1.165) is 35.4 Å². The maximum absolute atomic E-state index is 13.2. The molecule has 1 aliphatic carbocycles. The van der Waals surface area contributed by atoms with Crippen LogP contribution in [0, 0.1) is 0 Å². The molecule has 0 saturated carbocycles. The minimum Gasteiger partial charge on any atom is -0.348 e. The molecule has 0 bridgehead atoms. The van der Waals surface area contributed by atoms with Crippen molar-refractivity contribution in [1.29, 1.82) is 0 Å². The molecule has 1 amide bonds. The van der Waals surface area contributed by atoms with Crippen molar-refractivity contribution in [3.63, 3.8) is 0 Å². The average Bonchev–Trinajstić information content (AvgIpc) is 2.72. The molecule has 0 spiro atoms. The first-order valence-corrected chi connectivity index (χ1v) is 12.1. The van der Waals surface area contributed by atoms with Crippen LogP contribution in [0.2, 0.25) is 0 Å². The van der Waals surface area contributed by atoms with Crippen LogP contribution in [0.4, 0.5) is 0 Å². The molecule has 2 aromatic rings. The Morgan fingerprint density at radius 1 is 1.03 bits per heavy atom. The topological polar surface area (TPSA) is 66.5 Å². The molecular formula is C23H30N2O3S. The number of likely N-dealkylation sites (N-methyl/N-ethyl adjacent to an activating group) is 1. The second-order valence-corrected chi connectivity index (χ2v) is 9.84. The lowest BCUT2D eigenvalue weighted by molar-refractivity contribution is -0.125. The Bertz CT molecular complexity index is 957. The van der Waals surface area contributed by atoms with Crippen molar-refractivity contribution in [1.82, 2.24) is 9.62 Å². The first kappa shape index (κ1) is 21.5. The lowest BCUT2D eigenvalue weighted by Gasteiger charge is -2.28. The quantitative estimate of drug-likeness (QED) is 0.750. The zero-order chi connectivity index (χ0) is 21.0. The molecule has 0 unspecified atom stereocenters. The molecular weight excluding hydrogens is 384 g/mol. The highest BCUT2D eigenvalue weighted by atomic mass is 32.2. The number of amides is 1. The highest BCUT2D eigenvalue weighted by Crippen LogP contribution is 2.28. The zero-order valence-corrected chi connectivity index (χ0v) is 18.2. The van der Waals surface area contributed by atoms with Crippen LogP contribution >= 0.6 is 0 Å². The molecule has 29 heavy (non-hydrogen) atoms. The van der Waals surface area contributed by atoms with Crippen molar-refractivity contribution in [2.75, 3.05) is 13.3 Å². The number of fused-ring (bicyclic) bond motifs is 1. The Morgan fingerprint density at radius 3 is 2.31 bits per heavy atom. The highest BCUT2D eigenvalue weighted by Gasteiger charge is 2.32. The number of nitrogens with one attached hydrogen (secondary N) is 1. The summed E-state index contributed by atoms with van der Waals surface area (Å²) >= 11 is 0. The molecule has 5 nitrogen and oxygen atoms in total. The van der Waals surface area contributed by atoms with Gasteiger partial charge in [-0.3, -0.25) is 4.79 Å². The van der Waals surface area contributed by atoms with Gasteiger partial charge in [-0.2, -0.15) is 4.31 Å². The van der Waals surface area contributed by atoms with Crippen molar-refractivity contribution < 1.29 is 13.2 Å². The van der Waals surface area contributed by atoms with Crippen LogP contribution < -0.4 is 5.32 Å². The number of nitrogens with zero attached hydrogens (tertiary/aromatic N) is 1. The lowest BCUT2D eigenvalue weighted by Crippen LogP contribution is -2.42. The summed E-state index contributed by atoms with van der Waals surface area (Å²) in [4.78, 5) is 13.2. The maximum atomic E-state index is 13.2. The molecule has 1 aliphatic rings. The van der Waals surface area contributed by atoms with E-state index in [1.165, 1.54) is 31.0 Å². The van der Waals surface area contributed by atoms with Crippen LogP contribution in [0.15, 0.2) is 48.5 Å². The second kappa shape index (κ2) is 9.09. The normalized spacial score (nSPS) is 16.1. The fraction of sp³-hybridized carbons (Fsp3) is 0.435. The zero-order valence-electron chi connectivity index (χ0n) is 17.4. The summed E-state index contributed by atoms with van der Waals surface area (Å²) < 4.78 is 25.5. The van der Waals surface area contributed by atoms with Gasteiger partial charge in [-0.15, -0.1) is 0 Å². The molecule has 0 aromatic heterocycles. The monoisotopic (exact) mass is 414 g/mol. The number of carbonyl (C=O) groups excluding carboxylic acids is 1. The van der Waals surface area contributed by atoms with Gasteiger partial charge in [0.05, 0.1) is 12.3 Å². The summed E-state index contributed by atoms with van der Waals surface area (Å²) in [6, 6.07) is 14.5. The summed E-state index contributed by atoms with van der Waals surface area (Å²) in [5.74, 6) is -0.311. The molecule has 6 heteroatoms. The van der Waals surface area contributed by atoms with Crippen molar-refractivity contribution in [3.05, 3.63) is 70.8 Å². The molecule has 156 valence electrons. The van der Waals surface area contributed by atoms with Crippen molar-refractivity contribution in [2.45, 2.75) is 51.1 Å². The standard InChI is InChI=1S/C23H30N2O3S/c1-4-21(20-15-14-17-10-8-9-13-19(17)16-20)24-23(26)22(25(2)29(3,27)28)18-11-6-5-7-12-18/h5-7,11-12,14-16,21-22H,4,8-10,13H2,1-3H3,(H,24,26)/t21-,22-/m0/s1. The Hall–Kier alpha value is -2.18. The predicted molar refractivity (Wildman–Crippen MR) is 116 cm³/mol. The third kappa shape index (κ3) is 5.06. The van der Waals surface area contributed by atoms with Crippen molar-refractivity contribution in [2.24, 2.45) is 0 Å². The third-order valence-electron chi connectivity index (χ3n) is 5.75. The van der Waals surface area contributed by atoms with Crippen LogP contribution in [0.5, 0.6) is 0 Å². The number of benzene rings is 2. The Morgan fingerprint density at radius 2 is 1.69 bits per heavy atom. The molecule has 1 N–H and O–H groups in total. The van der Waals surface area contributed by atoms with Gasteiger partial charge in [0, 0.05) is 7.05 Å². The fourth-order valence-corrected chi connectivity index (χ4v) is 4.60. The minimum absolute atomic E-state index is 0.158. The third-order valence-corrected chi connectivity index (χ3v) is 7.01. The highest BCUT2D eigenvalue weighted by molar-refractivity contribution is 7.88. The Kier molecular flexibility index (Phi) is 6.75. The van der Waals surface area contributed by atoms with Crippen molar-refractivity contribution >= 4 is 15.9 Å². The van der Waals surface area contributed by atoms with Gasteiger partial charge in [-0.25, -0.2) is 8.42 Å². The van der Waals surface area contributed by atoms with Crippen LogP contribution in [0.25, 0.3) is 0 Å². The second-order valence-electron chi connectivity index (χ2n) is 7.80. The van der Waals surface area contributed by atoms with Crippen LogP contribution in [0.1, 0.15) is 60.5 Å². The number of carbonyl (C=O) groups is 1. The molecule has 3 rings (SSSR count). The number of hydrogen-bond donors (Lipinski definition) is 1.